The average molecular weight is 293 g/mol. The summed E-state index contributed by atoms with van der Waals surface area (Å²) in [6.45, 7) is 10.0. The summed E-state index contributed by atoms with van der Waals surface area (Å²) in [7, 11) is 0. The Kier molecular flexibility index (Phi) is 5.82. The van der Waals surface area contributed by atoms with Gasteiger partial charge in [0.2, 0.25) is 0 Å². The molecular weight excluding hydrogens is 266 g/mol. The van der Waals surface area contributed by atoms with Gasteiger partial charge in [0, 0.05) is 31.5 Å². The van der Waals surface area contributed by atoms with Gasteiger partial charge in [-0.3, -0.25) is 9.69 Å². The van der Waals surface area contributed by atoms with Crippen LogP contribution in [0.5, 0.6) is 0 Å². The van der Waals surface area contributed by atoms with Crippen LogP contribution in [0.4, 0.5) is 0 Å². The molecule has 1 aromatic heterocycles. The van der Waals surface area contributed by atoms with Crippen LogP contribution in [0, 0.1) is 6.92 Å². The molecule has 2 rings (SSSR count). The Morgan fingerprint density at radius 3 is 2.71 bits per heavy atom. The largest absolute Gasteiger partial charge is 0.373 e. The highest BCUT2D eigenvalue weighted by molar-refractivity contribution is 5.95. The number of morpholine rings is 1. The van der Waals surface area contributed by atoms with Crippen LogP contribution in [0.25, 0.3) is 0 Å². The molecule has 2 atom stereocenters. The van der Waals surface area contributed by atoms with Crippen LogP contribution in [0.15, 0.2) is 12.3 Å². The Balaban J connectivity index is 1.60. The molecule has 0 aliphatic carbocycles. The molecule has 0 bridgehead atoms. The van der Waals surface area contributed by atoms with Crippen LogP contribution >= 0.6 is 0 Å². The molecule has 5 nitrogen and oxygen atoms in total. The number of hydrogen-bond donors (Lipinski definition) is 2. The molecule has 0 radical (unpaired) electrons. The molecule has 2 heterocycles. The van der Waals surface area contributed by atoms with E-state index in [1.807, 2.05) is 13.0 Å². The molecule has 21 heavy (non-hydrogen) atoms. The van der Waals surface area contributed by atoms with Crippen molar-refractivity contribution >= 4 is 5.91 Å². The quantitative estimate of drug-likeness (QED) is 0.788. The molecule has 5 heteroatoms. The lowest BCUT2D eigenvalue weighted by molar-refractivity contribution is -0.0681. The number of carbonyl (C=O) groups excluding carboxylic acids is 1. The molecule has 1 aliphatic heterocycles. The number of hydrogen-bond acceptors (Lipinski definition) is 3. The van der Waals surface area contributed by atoms with E-state index >= 15 is 0 Å². The molecule has 1 fully saturated rings. The summed E-state index contributed by atoms with van der Waals surface area (Å²) in [5, 5.41) is 2.98. The number of aryl methyl sites for hydroxylation is 1. The fourth-order valence-corrected chi connectivity index (χ4v) is 2.92. The van der Waals surface area contributed by atoms with E-state index in [0.717, 1.165) is 50.3 Å². The second-order valence-electron chi connectivity index (χ2n) is 6.00. The van der Waals surface area contributed by atoms with Crippen molar-refractivity contribution in [3.05, 3.63) is 23.5 Å². The first-order valence-corrected chi connectivity index (χ1v) is 7.86. The highest BCUT2D eigenvalue weighted by Crippen LogP contribution is 2.11. The average Bonchev–Trinajstić information content (AvgIpc) is 2.83. The third-order valence-corrected chi connectivity index (χ3v) is 3.88. The van der Waals surface area contributed by atoms with Crippen LogP contribution < -0.4 is 5.32 Å². The van der Waals surface area contributed by atoms with Gasteiger partial charge in [-0.2, -0.15) is 0 Å². The number of nitrogens with one attached hydrogen (secondary N) is 2. The standard InChI is InChI=1S/C16H27N3O2/c1-12-10-19(11-13(2)21-12)9-5-4-7-18-16(20)15-6-8-17-14(15)3/h6,8,12-13,17H,4-5,7,9-11H2,1-3H3,(H,18,20)/t12-,13+. The maximum Gasteiger partial charge on any atom is 0.253 e. The van der Waals surface area contributed by atoms with Crippen molar-refractivity contribution in [2.75, 3.05) is 26.2 Å². The number of ether oxygens (including phenoxy) is 1. The first-order valence-electron chi connectivity index (χ1n) is 7.86. The van der Waals surface area contributed by atoms with Gasteiger partial charge in [-0.1, -0.05) is 0 Å². The van der Waals surface area contributed by atoms with E-state index in [0.29, 0.717) is 12.2 Å². The van der Waals surface area contributed by atoms with Crippen molar-refractivity contribution in [2.24, 2.45) is 0 Å². The van der Waals surface area contributed by atoms with Crippen LogP contribution in [-0.4, -0.2) is 54.2 Å². The normalized spacial score (nSPS) is 23.2. The summed E-state index contributed by atoms with van der Waals surface area (Å²) in [6, 6.07) is 1.82. The van der Waals surface area contributed by atoms with Gasteiger partial charge in [0.05, 0.1) is 17.8 Å². The van der Waals surface area contributed by atoms with Gasteiger partial charge < -0.3 is 15.0 Å². The first kappa shape index (κ1) is 16.0. The summed E-state index contributed by atoms with van der Waals surface area (Å²) in [5.41, 5.74) is 1.66. The zero-order valence-corrected chi connectivity index (χ0v) is 13.3. The first-order chi connectivity index (χ1) is 10.1. The third kappa shape index (κ3) is 4.86. The van der Waals surface area contributed by atoms with E-state index in [4.69, 9.17) is 4.74 Å². The second kappa shape index (κ2) is 7.61. The highest BCUT2D eigenvalue weighted by Gasteiger charge is 2.21. The SMILES string of the molecule is Cc1[nH]ccc1C(=O)NCCCCN1C[C@@H](C)O[C@@H](C)C1. The van der Waals surface area contributed by atoms with Crippen LogP contribution in [0.2, 0.25) is 0 Å². The molecule has 0 aromatic carbocycles. The fraction of sp³-hybridized carbons (Fsp3) is 0.688. The van der Waals surface area contributed by atoms with Crippen molar-refractivity contribution in [3.63, 3.8) is 0 Å². The van der Waals surface area contributed by atoms with E-state index in [1.165, 1.54) is 0 Å². The summed E-state index contributed by atoms with van der Waals surface area (Å²) in [4.78, 5) is 17.4. The number of amides is 1. The second-order valence-corrected chi connectivity index (χ2v) is 6.00. The molecule has 118 valence electrons. The van der Waals surface area contributed by atoms with Crippen LogP contribution in [-0.2, 0) is 4.74 Å². The van der Waals surface area contributed by atoms with Crippen molar-refractivity contribution in [2.45, 2.75) is 45.8 Å². The van der Waals surface area contributed by atoms with E-state index < -0.39 is 0 Å². The van der Waals surface area contributed by atoms with Crippen molar-refractivity contribution in [1.29, 1.82) is 0 Å². The summed E-state index contributed by atoms with van der Waals surface area (Å²) in [6.07, 6.45) is 4.56. The van der Waals surface area contributed by atoms with Gasteiger partial charge in [-0.15, -0.1) is 0 Å². The fourth-order valence-electron chi connectivity index (χ4n) is 2.92. The Morgan fingerprint density at radius 2 is 2.10 bits per heavy atom. The third-order valence-electron chi connectivity index (χ3n) is 3.88. The summed E-state index contributed by atoms with van der Waals surface area (Å²) >= 11 is 0. The smallest absolute Gasteiger partial charge is 0.253 e. The minimum absolute atomic E-state index is 0.0161. The van der Waals surface area contributed by atoms with Gasteiger partial charge in [0.15, 0.2) is 0 Å². The van der Waals surface area contributed by atoms with Gasteiger partial charge in [0.25, 0.3) is 5.91 Å². The zero-order valence-electron chi connectivity index (χ0n) is 13.3. The van der Waals surface area contributed by atoms with Crippen molar-refractivity contribution in [1.82, 2.24) is 15.2 Å². The molecule has 1 amide bonds. The number of rotatable bonds is 6. The molecule has 1 saturated heterocycles. The van der Waals surface area contributed by atoms with E-state index in [-0.39, 0.29) is 5.91 Å². The number of aromatic nitrogens is 1. The Labute approximate surface area is 127 Å². The minimum atomic E-state index is 0.0161. The predicted molar refractivity (Wildman–Crippen MR) is 83.5 cm³/mol. The molecular formula is C16H27N3O2. The maximum atomic E-state index is 11.9. The summed E-state index contributed by atoms with van der Waals surface area (Å²) in [5.74, 6) is 0.0161. The molecule has 0 spiro atoms. The lowest BCUT2D eigenvalue weighted by Crippen LogP contribution is -2.45. The van der Waals surface area contributed by atoms with E-state index in [9.17, 15) is 4.79 Å². The minimum Gasteiger partial charge on any atom is -0.373 e. The van der Waals surface area contributed by atoms with Crippen molar-refractivity contribution in [3.8, 4) is 0 Å². The number of H-pyrrole nitrogens is 1. The Hall–Kier alpha value is -1.33. The van der Waals surface area contributed by atoms with Crippen LogP contribution in [0.1, 0.15) is 42.7 Å². The van der Waals surface area contributed by atoms with Gasteiger partial charge in [-0.05, 0) is 46.2 Å². The number of carbonyl (C=O) groups is 1. The monoisotopic (exact) mass is 293 g/mol. The molecule has 0 saturated carbocycles. The topological polar surface area (TPSA) is 57.4 Å². The van der Waals surface area contributed by atoms with E-state index in [1.54, 1.807) is 6.20 Å². The number of nitrogens with zero attached hydrogens (tertiary/aromatic N) is 1. The summed E-state index contributed by atoms with van der Waals surface area (Å²) < 4.78 is 5.73. The Bertz CT molecular complexity index is 448. The van der Waals surface area contributed by atoms with Gasteiger partial charge in [-0.25, -0.2) is 0 Å². The highest BCUT2D eigenvalue weighted by atomic mass is 16.5. The van der Waals surface area contributed by atoms with Crippen LogP contribution in [0.3, 0.4) is 0 Å². The molecule has 1 aromatic rings. The molecule has 2 N–H and O–H groups in total. The number of unbranched alkanes of at least 4 members (excludes halogenated alkanes) is 1. The molecule has 1 aliphatic rings. The predicted octanol–water partition coefficient (Wildman–Crippen LogP) is 1.94. The lowest BCUT2D eigenvalue weighted by atomic mass is 10.2. The Morgan fingerprint density at radius 1 is 1.38 bits per heavy atom. The van der Waals surface area contributed by atoms with Crippen molar-refractivity contribution < 1.29 is 9.53 Å². The maximum absolute atomic E-state index is 11.9. The zero-order chi connectivity index (χ0) is 15.2. The van der Waals surface area contributed by atoms with E-state index in [2.05, 4.69) is 29.0 Å². The number of aromatic amines is 1. The van der Waals surface area contributed by atoms with Gasteiger partial charge in [0.1, 0.15) is 0 Å². The molecule has 0 unspecified atom stereocenters. The lowest BCUT2D eigenvalue weighted by Gasteiger charge is -2.35. The van der Waals surface area contributed by atoms with Gasteiger partial charge >= 0.3 is 0 Å².